The van der Waals surface area contributed by atoms with Crippen LogP contribution in [-0.4, -0.2) is 45.7 Å². The lowest BCUT2D eigenvalue weighted by Crippen LogP contribution is -2.32. The molecule has 0 saturated heterocycles. The Bertz CT molecular complexity index is 366. The van der Waals surface area contributed by atoms with Gasteiger partial charge in [0.15, 0.2) is 0 Å². The third-order valence-electron chi connectivity index (χ3n) is 2.83. The summed E-state index contributed by atoms with van der Waals surface area (Å²) in [7, 11) is 5.84. The van der Waals surface area contributed by atoms with Crippen LogP contribution in [0.3, 0.4) is 0 Å². The van der Waals surface area contributed by atoms with Gasteiger partial charge in [-0.1, -0.05) is 6.92 Å². The van der Waals surface area contributed by atoms with Gasteiger partial charge in [0.25, 0.3) is 0 Å². The molecule has 102 valence electrons. The number of methoxy groups -OCH3 is 1. The maximum absolute atomic E-state index is 5.91. The van der Waals surface area contributed by atoms with Gasteiger partial charge in [0.2, 0.25) is 0 Å². The highest BCUT2D eigenvalue weighted by atomic mass is 16.5. The summed E-state index contributed by atoms with van der Waals surface area (Å²) in [6.45, 7) is 5.23. The maximum Gasteiger partial charge on any atom is 0.122 e. The zero-order chi connectivity index (χ0) is 13.5. The topological polar surface area (TPSA) is 41.7 Å². The van der Waals surface area contributed by atoms with Crippen LogP contribution in [0.1, 0.15) is 13.3 Å². The van der Waals surface area contributed by atoms with E-state index in [-0.39, 0.29) is 0 Å². The van der Waals surface area contributed by atoms with Gasteiger partial charge >= 0.3 is 0 Å². The Labute approximate surface area is 110 Å². The molecule has 0 aliphatic rings. The minimum atomic E-state index is 0.746. The lowest BCUT2D eigenvalue weighted by molar-refractivity contribution is 0.410. The molecular weight excluding hydrogens is 226 g/mol. The van der Waals surface area contributed by atoms with Gasteiger partial charge in [0.05, 0.1) is 7.11 Å². The fourth-order valence-electron chi connectivity index (χ4n) is 1.87. The standard InChI is InChI=1S/C14H25N3O/c1-5-6-17(8-7-16(2)3)13-9-12(15)10-14(11-13)18-4/h9-11H,5-8,15H2,1-4H3. The monoisotopic (exact) mass is 251 g/mol. The zero-order valence-electron chi connectivity index (χ0n) is 11.9. The molecular formula is C14H25N3O. The average Bonchev–Trinajstić information content (AvgIpc) is 2.33. The van der Waals surface area contributed by atoms with E-state index in [4.69, 9.17) is 10.5 Å². The second-order valence-electron chi connectivity index (χ2n) is 4.75. The van der Waals surface area contributed by atoms with E-state index in [0.717, 1.165) is 43.2 Å². The second kappa shape index (κ2) is 7.11. The highest BCUT2D eigenvalue weighted by Gasteiger charge is 2.08. The van der Waals surface area contributed by atoms with Gasteiger partial charge in [-0.3, -0.25) is 0 Å². The number of nitrogen functional groups attached to an aromatic ring is 1. The molecule has 0 aliphatic heterocycles. The first-order valence-corrected chi connectivity index (χ1v) is 6.41. The third-order valence-corrected chi connectivity index (χ3v) is 2.83. The number of benzene rings is 1. The normalized spacial score (nSPS) is 10.7. The molecule has 0 atom stereocenters. The van der Waals surface area contributed by atoms with Gasteiger partial charge in [-0.15, -0.1) is 0 Å². The molecule has 1 aromatic carbocycles. The van der Waals surface area contributed by atoms with E-state index in [1.54, 1.807) is 7.11 Å². The molecule has 4 nitrogen and oxygen atoms in total. The van der Waals surface area contributed by atoms with Gasteiger partial charge in [-0.2, -0.15) is 0 Å². The fourth-order valence-corrected chi connectivity index (χ4v) is 1.87. The second-order valence-corrected chi connectivity index (χ2v) is 4.75. The molecule has 0 unspecified atom stereocenters. The summed E-state index contributed by atoms with van der Waals surface area (Å²) in [6.07, 6.45) is 1.12. The predicted molar refractivity (Wildman–Crippen MR) is 78.5 cm³/mol. The summed E-state index contributed by atoms with van der Waals surface area (Å²) >= 11 is 0. The van der Waals surface area contributed by atoms with Crippen molar-refractivity contribution in [3.63, 3.8) is 0 Å². The molecule has 0 radical (unpaired) electrons. The minimum absolute atomic E-state index is 0.746. The number of rotatable bonds is 7. The first-order chi connectivity index (χ1) is 8.56. The van der Waals surface area contributed by atoms with Gasteiger partial charge in [0, 0.05) is 43.1 Å². The minimum Gasteiger partial charge on any atom is -0.497 e. The molecule has 0 heterocycles. The van der Waals surface area contributed by atoms with Crippen molar-refractivity contribution in [2.24, 2.45) is 0 Å². The number of likely N-dealkylation sites (N-methyl/N-ethyl adjacent to an activating group) is 1. The van der Waals surface area contributed by atoms with Gasteiger partial charge in [-0.25, -0.2) is 0 Å². The summed E-state index contributed by atoms with van der Waals surface area (Å²) in [6, 6.07) is 5.90. The van der Waals surface area contributed by atoms with Crippen LogP contribution >= 0.6 is 0 Å². The van der Waals surface area contributed by atoms with Crippen LogP contribution in [0.5, 0.6) is 5.75 Å². The molecule has 18 heavy (non-hydrogen) atoms. The van der Waals surface area contributed by atoms with Crippen LogP contribution in [0.25, 0.3) is 0 Å². The molecule has 1 aromatic rings. The van der Waals surface area contributed by atoms with Crippen molar-refractivity contribution in [2.75, 3.05) is 51.5 Å². The van der Waals surface area contributed by atoms with Crippen molar-refractivity contribution < 1.29 is 4.74 Å². The largest absolute Gasteiger partial charge is 0.497 e. The fraction of sp³-hybridized carbons (Fsp3) is 0.571. The third kappa shape index (κ3) is 4.45. The quantitative estimate of drug-likeness (QED) is 0.753. The van der Waals surface area contributed by atoms with E-state index < -0.39 is 0 Å². The molecule has 0 aliphatic carbocycles. The highest BCUT2D eigenvalue weighted by Crippen LogP contribution is 2.25. The Balaban J connectivity index is 2.86. The summed E-state index contributed by atoms with van der Waals surface area (Å²) in [5, 5.41) is 0. The van der Waals surface area contributed by atoms with Gasteiger partial charge < -0.3 is 20.3 Å². The van der Waals surface area contributed by atoms with E-state index in [9.17, 15) is 0 Å². The van der Waals surface area contributed by atoms with Crippen molar-refractivity contribution in [2.45, 2.75) is 13.3 Å². The first kappa shape index (κ1) is 14.6. The Kier molecular flexibility index (Phi) is 5.78. The number of nitrogens with zero attached hydrogens (tertiary/aromatic N) is 2. The number of nitrogens with two attached hydrogens (primary N) is 1. The summed E-state index contributed by atoms with van der Waals surface area (Å²) < 4.78 is 5.27. The maximum atomic E-state index is 5.91. The Morgan fingerprint density at radius 3 is 2.39 bits per heavy atom. The van der Waals surface area contributed by atoms with Crippen LogP contribution in [0.2, 0.25) is 0 Å². The number of ether oxygens (including phenoxy) is 1. The van der Waals surface area contributed by atoms with Crippen LogP contribution in [0.4, 0.5) is 11.4 Å². The molecule has 0 spiro atoms. The van der Waals surface area contributed by atoms with E-state index in [0.29, 0.717) is 0 Å². The number of anilines is 2. The van der Waals surface area contributed by atoms with Crippen molar-refractivity contribution in [1.29, 1.82) is 0 Å². The van der Waals surface area contributed by atoms with E-state index >= 15 is 0 Å². The average molecular weight is 251 g/mol. The van der Waals surface area contributed by atoms with Crippen molar-refractivity contribution >= 4 is 11.4 Å². The molecule has 0 saturated carbocycles. The van der Waals surface area contributed by atoms with E-state index in [1.165, 1.54) is 0 Å². The van der Waals surface area contributed by atoms with Crippen LogP contribution in [-0.2, 0) is 0 Å². The highest BCUT2D eigenvalue weighted by molar-refractivity contribution is 5.60. The Hall–Kier alpha value is -1.42. The lowest BCUT2D eigenvalue weighted by atomic mass is 10.2. The molecule has 0 fully saturated rings. The van der Waals surface area contributed by atoms with Crippen LogP contribution < -0.4 is 15.4 Å². The molecule has 0 amide bonds. The van der Waals surface area contributed by atoms with Crippen LogP contribution in [0, 0.1) is 0 Å². The van der Waals surface area contributed by atoms with E-state index in [2.05, 4.69) is 30.8 Å². The Morgan fingerprint density at radius 1 is 1.11 bits per heavy atom. The predicted octanol–water partition coefficient (Wildman–Crippen LogP) is 2.06. The molecule has 1 rings (SSSR count). The summed E-state index contributed by atoms with van der Waals surface area (Å²) in [4.78, 5) is 4.53. The molecule has 4 heteroatoms. The van der Waals surface area contributed by atoms with E-state index in [1.807, 2.05) is 18.2 Å². The first-order valence-electron chi connectivity index (χ1n) is 6.41. The Morgan fingerprint density at radius 2 is 1.83 bits per heavy atom. The number of hydrogen-bond donors (Lipinski definition) is 1. The van der Waals surface area contributed by atoms with Crippen LogP contribution in [0.15, 0.2) is 18.2 Å². The molecule has 0 bridgehead atoms. The smallest absolute Gasteiger partial charge is 0.122 e. The van der Waals surface area contributed by atoms with Gasteiger partial charge in [0.1, 0.15) is 5.75 Å². The molecule has 2 N–H and O–H groups in total. The zero-order valence-corrected chi connectivity index (χ0v) is 11.9. The summed E-state index contributed by atoms with van der Waals surface area (Å²) in [5.41, 5.74) is 7.79. The van der Waals surface area contributed by atoms with Crippen molar-refractivity contribution in [3.8, 4) is 5.75 Å². The van der Waals surface area contributed by atoms with Gasteiger partial charge in [-0.05, 0) is 26.6 Å². The van der Waals surface area contributed by atoms with Crippen molar-refractivity contribution in [1.82, 2.24) is 4.90 Å². The SMILES string of the molecule is CCCN(CCN(C)C)c1cc(N)cc(OC)c1. The molecule has 0 aromatic heterocycles. The summed E-state index contributed by atoms with van der Waals surface area (Å²) in [5.74, 6) is 0.816. The number of hydrogen-bond acceptors (Lipinski definition) is 4. The van der Waals surface area contributed by atoms with Crippen molar-refractivity contribution in [3.05, 3.63) is 18.2 Å². The lowest BCUT2D eigenvalue weighted by Gasteiger charge is -2.26.